The second-order valence-corrected chi connectivity index (χ2v) is 20.1. The van der Waals surface area contributed by atoms with E-state index in [0.717, 1.165) is 33.4 Å². The fraction of sp³-hybridized carbons (Fsp3) is 0.212. The quantitative estimate of drug-likeness (QED) is 0.0410. The molecule has 77 heavy (non-hydrogen) atoms. The third kappa shape index (κ3) is 11.8. The number of anilines is 1. The molecule has 9 rings (SSSR count). The standard InChI is InChI=1S/C66H63N3O8/c1-64(2,3)77-63(73)67-56(61(71)76-45-49-29-15-7-16-30-49)42-50-39-40-59(74-4)55(41-50)65(54-37-23-24-38-58(54)69(62(65)72)43-47-25-11-5-12-26-47)60(70)57(46-75-44-48-27-13-6-14-28-48)68-66(51-31-17-8-18-32-51,52-33-19-9-20-34-52)53-35-21-10-22-36-53/h5-41,56-57,68H,42-46H2,1-4H3,(H,67,73)/t56-,57-,65-/m0/s1. The number of carbonyl (C=O) groups excluding carboxylic acids is 4. The molecule has 0 bridgehead atoms. The molecule has 8 aromatic rings. The number of nitrogens with zero attached hydrogens (tertiary/aromatic N) is 1. The van der Waals surface area contributed by atoms with Crippen LogP contribution in [0.3, 0.4) is 0 Å². The molecule has 0 saturated heterocycles. The van der Waals surface area contributed by atoms with Gasteiger partial charge in [-0.05, 0) is 71.8 Å². The Morgan fingerprint density at radius 3 is 1.58 bits per heavy atom. The normalized spacial score (nSPS) is 15.0. The van der Waals surface area contributed by atoms with Crippen molar-refractivity contribution >= 4 is 29.4 Å². The monoisotopic (exact) mass is 1030 g/mol. The zero-order chi connectivity index (χ0) is 53.8. The smallest absolute Gasteiger partial charge is 0.408 e. The molecular formula is C66H63N3O8. The van der Waals surface area contributed by atoms with E-state index in [4.69, 9.17) is 18.9 Å². The number of hydrogen-bond donors (Lipinski definition) is 2. The van der Waals surface area contributed by atoms with Crippen LogP contribution in [-0.2, 0) is 65.7 Å². The minimum absolute atomic E-state index is 0.0443. The van der Waals surface area contributed by atoms with Gasteiger partial charge in [0.25, 0.3) is 0 Å². The molecule has 0 radical (unpaired) electrons. The summed E-state index contributed by atoms with van der Waals surface area (Å²) < 4.78 is 24.4. The van der Waals surface area contributed by atoms with Crippen LogP contribution in [0.25, 0.3) is 0 Å². The van der Waals surface area contributed by atoms with Gasteiger partial charge in [0.05, 0.1) is 38.4 Å². The maximum absolute atomic E-state index is 17.3. The lowest BCUT2D eigenvalue weighted by molar-refractivity contribution is -0.147. The number of ketones is 1. The average Bonchev–Trinajstić information content (AvgIpc) is 3.96. The number of alkyl carbamates (subject to hydrolysis) is 1. The molecule has 8 aromatic carbocycles. The first-order chi connectivity index (χ1) is 37.4. The van der Waals surface area contributed by atoms with Gasteiger partial charge in [0, 0.05) is 23.2 Å². The van der Waals surface area contributed by atoms with E-state index in [1.165, 1.54) is 7.11 Å². The van der Waals surface area contributed by atoms with Gasteiger partial charge in [-0.1, -0.05) is 212 Å². The van der Waals surface area contributed by atoms with Gasteiger partial charge in [-0.25, -0.2) is 9.59 Å². The van der Waals surface area contributed by atoms with Crippen LogP contribution in [-0.4, -0.2) is 55.2 Å². The zero-order valence-corrected chi connectivity index (χ0v) is 43.8. The van der Waals surface area contributed by atoms with E-state index in [1.807, 2.05) is 206 Å². The van der Waals surface area contributed by atoms with E-state index >= 15 is 9.59 Å². The topological polar surface area (TPSA) is 133 Å². The number of para-hydroxylation sites is 1. The van der Waals surface area contributed by atoms with E-state index in [1.54, 1.807) is 43.9 Å². The third-order valence-corrected chi connectivity index (χ3v) is 13.7. The maximum atomic E-state index is 17.3. The molecule has 1 aliphatic rings. The number of Topliss-reactive ketones (excluding diaryl/α,β-unsaturated/α-hetero) is 1. The highest BCUT2D eigenvalue weighted by Gasteiger charge is 2.61. The average molecular weight is 1030 g/mol. The van der Waals surface area contributed by atoms with Gasteiger partial charge in [-0.3, -0.25) is 14.9 Å². The van der Waals surface area contributed by atoms with Crippen molar-refractivity contribution in [2.75, 3.05) is 18.6 Å². The molecule has 0 fully saturated rings. The van der Waals surface area contributed by atoms with E-state index < -0.39 is 52.4 Å². The predicted molar refractivity (Wildman–Crippen MR) is 298 cm³/mol. The first-order valence-corrected chi connectivity index (χ1v) is 25.8. The highest BCUT2D eigenvalue weighted by Crippen LogP contribution is 2.51. The number of amides is 2. The Balaban J connectivity index is 1.24. The summed E-state index contributed by atoms with van der Waals surface area (Å²) in [5.74, 6) is -1.47. The third-order valence-electron chi connectivity index (χ3n) is 13.7. The molecule has 1 aliphatic heterocycles. The van der Waals surface area contributed by atoms with Gasteiger partial charge in [0.1, 0.15) is 24.0 Å². The minimum atomic E-state index is -2.11. The van der Waals surface area contributed by atoms with Crippen LogP contribution in [0.5, 0.6) is 5.75 Å². The largest absolute Gasteiger partial charge is 0.496 e. The molecule has 11 nitrogen and oxygen atoms in total. The van der Waals surface area contributed by atoms with Crippen molar-refractivity contribution < 1.29 is 38.1 Å². The minimum Gasteiger partial charge on any atom is -0.496 e. The molecule has 11 heteroatoms. The van der Waals surface area contributed by atoms with E-state index in [9.17, 15) is 9.59 Å². The Morgan fingerprint density at radius 2 is 1.05 bits per heavy atom. The summed E-state index contributed by atoms with van der Waals surface area (Å²) in [7, 11) is 1.50. The first-order valence-electron chi connectivity index (χ1n) is 25.8. The van der Waals surface area contributed by atoms with Crippen molar-refractivity contribution in [3.63, 3.8) is 0 Å². The second kappa shape index (κ2) is 23.9. The van der Waals surface area contributed by atoms with E-state index in [2.05, 4.69) is 10.6 Å². The Hall–Kier alpha value is -8.64. The lowest BCUT2D eigenvalue weighted by Gasteiger charge is -2.42. The number of carbonyl (C=O) groups is 4. The van der Waals surface area contributed by atoms with Gasteiger partial charge >= 0.3 is 12.1 Å². The number of methoxy groups -OCH3 is 1. The molecule has 0 spiro atoms. The van der Waals surface area contributed by atoms with Crippen LogP contribution in [0.15, 0.2) is 224 Å². The molecule has 0 aromatic heterocycles. The maximum Gasteiger partial charge on any atom is 0.408 e. The summed E-state index contributed by atoms with van der Waals surface area (Å²) in [6.45, 7) is 5.30. The van der Waals surface area contributed by atoms with Gasteiger partial charge in [0.2, 0.25) is 5.91 Å². The number of rotatable bonds is 21. The van der Waals surface area contributed by atoms with Crippen molar-refractivity contribution in [3.05, 3.63) is 275 Å². The molecule has 390 valence electrons. The molecule has 0 saturated carbocycles. The highest BCUT2D eigenvalue weighted by atomic mass is 16.6. The van der Waals surface area contributed by atoms with Crippen LogP contribution in [0.2, 0.25) is 0 Å². The number of fused-ring (bicyclic) bond motifs is 1. The molecule has 2 N–H and O–H groups in total. The van der Waals surface area contributed by atoms with Crippen LogP contribution in [0.4, 0.5) is 10.5 Å². The fourth-order valence-corrected chi connectivity index (χ4v) is 10.3. The molecule has 3 atom stereocenters. The summed E-state index contributed by atoms with van der Waals surface area (Å²) in [5, 5.41) is 6.71. The fourth-order valence-electron chi connectivity index (χ4n) is 10.3. The summed E-state index contributed by atoms with van der Waals surface area (Å²) in [6.07, 6.45) is -0.933. The Morgan fingerprint density at radius 1 is 0.558 bits per heavy atom. The summed E-state index contributed by atoms with van der Waals surface area (Å²) in [6, 6.07) is 68.6. The van der Waals surface area contributed by atoms with Crippen molar-refractivity contribution in [1.29, 1.82) is 0 Å². The first kappa shape index (κ1) is 53.2. The van der Waals surface area contributed by atoms with Gasteiger partial charge < -0.3 is 29.2 Å². The summed E-state index contributed by atoms with van der Waals surface area (Å²) in [5.41, 5.74) is 2.57. The number of esters is 1. The van der Waals surface area contributed by atoms with Crippen molar-refractivity contribution in [3.8, 4) is 5.75 Å². The molecule has 1 heterocycles. The Bertz CT molecular complexity index is 3170. The molecule has 0 unspecified atom stereocenters. The number of nitrogens with one attached hydrogen (secondary N) is 2. The lowest BCUT2D eigenvalue weighted by Crippen LogP contribution is -2.60. The summed E-state index contributed by atoms with van der Waals surface area (Å²) >= 11 is 0. The zero-order valence-electron chi connectivity index (χ0n) is 43.8. The second-order valence-electron chi connectivity index (χ2n) is 20.1. The Labute approximate surface area is 450 Å². The lowest BCUT2D eigenvalue weighted by atomic mass is 9.68. The van der Waals surface area contributed by atoms with E-state index in [-0.39, 0.29) is 44.1 Å². The SMILES string of the molecule is COc1ccc(C[C@H](NC(=O)OC(C)(C)C)C(=O)OCc2ccccc2)cc1[C@@]1(C(=O)[C@H](COCc2ccccc2)NC(c2ccccc2)(c2ccccc2)c2ccccc2)C(=O)N(Cc2ccccc2)c2ccccc21. The Kier molecular flexibility index (Phi) is 16.5. The van der Waals surface area contributed by atoms with Crippen LogP contribution >= 0.6 is 0 Å². The van der Waals surface area contributed by atoms with Crippen LogP contribution in [0, 0.1) is 0 Å². The van der Waals surface area contributed by atoms with Gasteiger partial charge in [-0.15, -0.1) is 0 Å². The van der Waals surface area contributed by atoms with Crippen molar-refractivity contribution in [1.82, 2.24) is 10.6 Å². The predicted octanol–water partition coefficient (Wildman–Crippen LogP) is 11.4. The van der Waals surface area contributed by atoms with E-state index in [0.29, 0.717) is 16.8 Å². The number of benzene rings is 8. The highest BCUT2D eigenvalue weighted by molar-refractivity contribution is 6.26. The molecule has 2 amide bonds. The van der Waals surface area contributed by atoms with Crippen molar-refractivity contribution in [2.24, 2.45) is 0 Å². The molecular weight excluding hydrogens is 963 g/mol. The number of hydrogen-bond acceptors (Lipinski definition) is 9. The van der Waals surface area contributed by atoms with Crippen molar-refractivity contribution in [2.45, 2.75) is 75.6 Å². The summed E-state index contributed by atoms with van der Waals surface area (Å²) in [4.78, 5) is 63.2. The van der Waals surface area contributed by atoms with Crippen LogP contribution < -0.4 is 20.3 Å². The van der Waals surface area contributed by atoms with Gasteiger partial charge in [0.15, 0.2) is 11.2 Å². The van der Waals surface area contributed by atoms with Crippen LogP contribution in [0.1, 0.15) is 70.8 Å². The molecule has 0 aliphatic carbocycles. The number of ether oxygens (including phenoxy) is 4. The van der Waals surface area contributed by atoms with Gasteiger partial charge in [-0.2, -0.15) is 0 Å².